The lowest BCUT2D eigenvalue weighted by molar-refractivity contribution is 0.0774. The van der Waals surface area contributed by atoms with Gasteiger partial charge in [-0.1, -0.05) is 13.0 Å². The van der Waals surface area contributed by atoms with Crippen LogP contribution in [-0.2, 0) is 16.1 Å². The van der Waals surface area contributed by atoms with E-state index in [1.807, 2.05) is 18.2 Å². The normalized spacial score (nSPS) is 19.1. The van der Waals surface area contributed by atoms with Gasteiger partial charge in [-0.15, -0.1) is 0 Å². The van der Waals surface area contributed by atoms with E-state index in [2.05, 4.69) is 17.2 Å². The Kier molecular flexibility index (Phi) is 5.42. The molecule has 1 atom stereocenters. The van der Waals surface area contributed by atoms with Gasteiger partial charge in [-0.05, 0) is 25.0 Å². The van der Waals surface area contributed by atoms with E-state index in [0.717, 1.165) is 50.7 Å². The highest BCUT2D eigenvalue weighted by Crippen LogP contribution is 2.13. The molecule has 1 N–H and O–H groups in total. The van der Waals surface area contributed by atoms with E-state index < -0.39 is 0 Å². The van der Waals surface area contributed by atoms with Crippen LogP contribution >= 0.6 is 0 Å². The fraction of sp³-hybridized carbons (Fsp3) is 0.643. The van der Waals surface area contributed by atoms with Crippen LogP contribution in [0.3, 0.4) is 0 Å². The lowest BCUT2D eigenvalue weighted by Gasteiger charge is -2.09. The van der Waals surface area contributed by atoms with Gasteiger partial charge in [0.1, 0.15) is 5.82 Å². The van der Waals surface area contributed by atoms with E-state index in [1.54, 1.807) is 0 Å². The first-order valence-electron chi connectivity index (χ1n) is 6.73. The Balaban J connectivity index is 1.74. The molecule has 1 fully saturated rings. The molecule has 18 heavy (non-hydrogen) atoms. The van der Waals surface area contributed by atoms with Gasteiger partial charge in [0.25, 0.3) is 0 Å². The van der Waals surface area contributed by atoms with Crippen molar-refractivity contribution < 1.29 is 9.47 Å². The first-order chi connectivity index (χ1) is 8.88. The van der Waals surface area contributed by atoms with Crippen molar-refractivity contribution in [1.29, 1.82) is 0 Å². The molecule has 1 aromatic heterocycles. The Hall–Kier alpha value is -1.13. The zero-order valence-electron chi connectivity index (χ0n) is 11.0. The van der Waals surface area contributed by atoms with Crippen molar-refractivity contribution in [2.75, 3.05) is 31.7 Å². The van der Waals surface area contributed by atoms with E-state index in [-0.39, 0.29) is 0 Å². The molecule has 2 heterocycles. The Morgan fingerprint density at radius 2 is 2.44 bits per heavy atom. The second-order valence-corrected chi connectivity index (χ2v) is 4.69. The molecule has 0 aromatic carbocycles. The average molecular weight is 250 g/mol. The minimum atomic E-state index is 0.561. The zero-order chi connectivity index (χ0) is 12.6. The number of rotatable bonds is 7. The predicted molar refractivity (Wildman–Crippen MR) is 71.6 cm³/mol. The van der Waals surface area contributed by atoms with E-state index in [0.29, 0.717) is 12.5 Å². The average Bonchev–Trinajstić information content (AvgIpc) is 2.90. The van der Waals surface area contributed by atoms with Crippen LogP contribution in [0.15, 0.2) is 18.2 Å². The summed E-state index contributed by atoms with van der Waals surface area (Å²) in [7, 11) is 0. The standard InChI is InChI=1S/C14H22N2O2/c1-2-7-15-14-5-3-4-13(16-14)11-18-10-12-6-8-17-9-12/h3-5,12H,2,6-11H2,1H3,(H,15,16). The van der Waals surface area contributed by atoms with Crippen molar-refractivity contribution in [3.05, 3.63) is 23.9 Å². The number of anilines is 1. The molecule has 0 radical (unpaired) electrons. The Labute approximate surface area is 109 Å². The summed E-state index contributed by atoms with van der Waals surface area (Å²) in [5, 5.41) is 3.28. The number of nitrogens with one attached hydrogen (secondary N) is 1. The molecular formula is C14H22N2O2. The van der Waals surface area contributed by atoms with E-state index in [4.69, 9.17) is 9.47 Å². The first-order valence-corrected chi connectivity index (χ1v) is 6.73. The van der Waals surface area contributed by atoms with Crippen LogP contribution < -0.4 is 5.32 Å². The summed E-state index contributed by atoms with van der Waals surface area (Å²) in [4.78, 5) is 4.51. The maximum atomic E-state index is 5.69. The van der Waals surface area contributed by atoms with Gasteiger partial charge in [0.05, 0.1) is 25.5 Å². The molecule has 1 unspecified atom stereocenters. The third kappa shape index (κ3) is 4.27. The molecule has 4 heteroatoms. The second kappa shape index (κ2) is 7.34. The third-order valence-corrected chi connectivity index (χ3v) is 2.99. The quantitative estimate of drug-likeness (QED) is 0.807. The summed E-state index contributed by atoms with van der Waals surface area (Å²) in [5.74, 6) is 1.49. The lowest BCUT2D eigenvalue weighted by atomic mass is 10.1. The van der Waals surface area contributed by atoms with Crippen molar-refractivity contribution in [2.45, 2.75) is 26.4 Å². The monoisotopic (exact) mass is 250 g/mol. The maximum absolute atomic E-state index is 5.69. The van der Waals surface area contributed by atoms with Gasteiger partial charge in [-0.3, -0.25) is 0 Å². The maximum Gasteiger partial charge on any atom is 0.126 e. The summed E-state index contributed by atoms with van der Waals surface area (Å²) in [6.45, 7) is 6.17. The molecular weight excluding hydrogens is 228 g/mol. The summed E-state index contributed by atoms with van der Waals surface area (Å²) >= 11 is 0. The summed E-state index contributed by atoms with van der Waals surface area (Å²) in [6, 6.07) is 6.01. The Bertz CT molecular complexity index is 351. The fourth-order valence-corrected chi connectivity index (χ4v) is 1.96. The van der Waals surface area contributed by atoms with Crippen LogP contribution in [0.5, 0.6) is 0 Å². The summed E-state index contributed by atoms with van der Waals surface area (Å²) in [5.41, 5.74) is 0.981. The Morgan fingerprint density at radius 1 is 1.50 bits per heavy atom. The van der Waals surface area contributed by atoms with E-state index in [1.165, 1.54) is 0 Å². The van der Waals surface area contributed by atoms with Gasteiger partial charge in [0, 0.05) is 19.1 Å². The first kappa shape index (κ1) is 13.3. The van der Waals surface area contributed by atoms with Crippen molar-refractivity contribution in [1.82, 2.24) is 4.98 Å². The largest absolute Gasteiger partial charge is 0.381 e. The molecule has 4 nitrogen and oxygen atoms in total. The van der Waals surface area contributed by atoms with Crippen molar-refractivity contribution in [3.8, 4) is 0 Å². The second-order valence-electron chi connectivity index (χ2n) is 4.69. The van der Waals surface area contributed by atoms with Gasteiger partial charge >= 0.3 is 0 Å². The SMILES string of the molecule is CCCNc1cccc(COCC2CCOC2)n1. The molecule has 0 saturated carbocycles. The van der Waals surface area contributed by atoms with E-state index in [9.17, 15) is 0 Å². The smallest absolute Gasteiger partial charge is 0.126 e. The topological polar surface area (TPSA) is 43.4 Å². The molecule has 100 valence electrons. The molecule has 2 rings (SSSR count). The highest BCUT2D eigenvalue weighted by atomic mass is 16.5. The molecule has 1 aliphatic heterocycles. The molecule has 0 spiro atoms. The van der Waals surface area contributed by atoms with Gasteiger partial charge in [0.2, 0.25) is 0 Å². The van der Waals surface area contributed by atoms with E-state index >= 15 is 0 Å². The van der Waals surface area contributed by atoms with Crippen LogP contribution in [-0.4, -0.2) is 31.3 Å². The third-order valence-electron chi connectivity index (χ3n) is 2.99. The minimum Gasteiger partial charge on any atom is -0.381 e. The van der Waals surface area contributed by atoms with Crippen LogP contribution in [0, 0.1) is 5.92 Å². The van der Waals surface area contributed by atoms with Crippen molar-refractivity contribution in [3.63, 3.8) is 0 Å². The molecule has 1 saturated heterocycles. The lowest BCUT2D eigenvalue weighted by Crippen LogP contribution is -2.10. The highest BCUT2D eigenvalue weighted by Gasteiger charge is 2.15. The number of aromatic nitrogens is 1. The zero-order valence-corrected chi connectivity index (χ0v) is 11.0. The predicted octanol–water partition coefficient (Wildman–Crippen LogP) is 2.46. The summed E-state index contributed by atoms with van der Waals surface area (Å²) in [6.07, 6.45) is 2.22. The molecule has 1 aromatic rings. The van der Waals surface area contributed by atoms with Gasteiger partial charge in [0.15, 0.2) is 0 Å². The van der Waals surface area contributed by atoms with Crippen LogP contribution in [0.1, 0.15) is 25.5 Å². The van der Waals surface area contributed by atoms with Crippen molar-refractivity contribution >= 4 is 5.82 Å². The highest BCUT2D eigenvalue weighted by molar-refractivity contribution is 5.34. The fourth-order valence-electron chi connectivity index (χ4n) is 1.96. The van der Waals surface area contributed by atoms with Gasteiger partial charge in [-0.25, -0.2) is 4.98 Å². The summed E-state index contributed by atoms with van der Waals surface area (Å²) < 4.78 is 11.0. The van der Waals surface area contributed by atoms with Gasteiger partial charge < -0.3 is 14.8 Å². The molecule has 0 aliphatic carbocycles. The number of hydrogen-bond donors (Lipinski definition) is 1. The minimum absolute atomic E-state index is 0.561. The molecule has 0 bridgehead atoms. The Morgan fingerprint density at radius 3 is 3.22 bits per heavy atom. The number of hydrogen-bond acceptors (Lipinski definition) is 4. The van der Waals surface area contributed by atoms with Crippen LogP contribution in [0.25, 0.3) is 0 Å². The molecule has 1 aliphatic rings. The molecule has 0 amide bonds. The number of ether oxygens (including phenoxy) is 2. The number of pyridine rings is 1. The van der Waals surface area contributed by atoms with Crippen molar-refractivity contribution in [2.24, 2.45) is 5.92 Å². The van der Waals surface area contributed by atoms with Crippen LogP contribution in [0.2, 0.25) is 0 Å². The number of nitrogens with zero attached hydrogens (tertiary/aromatic N) is 1. The van der Waals surface area contributed by atoms with Gasteiger partial charge in [-0.2, -0.15) is 0 Å². The van der Waals surface area contributed by atoms with Crippen LogP contribution in [0.4, 0.5) is 5.82 Å².